The van der Waals surface area contributed by atoms with Gasteiger partial charge in [-0.2, -0.15) is 0 Å². The minimum Gasteiger partial charge on any atom is -0.319 e. The monoisotopic (exact) mass is 195 g/mol. The lowest BCUT2D eigenvalue weighted by molar-refractivity contribution is 0.0912. The van der Waals surface area contributed by atoms with Gasteiger partial charge in [0.15, 0.2) is 5.78 Å². The van der Waals surface area contributed by atoms with Crippen LogP contribution in [0.1, 0.15) is 29.8 Å². The van der Waals surface area contributed by atoms with Crippen LogP contribution in [0.5, 0.6) is 0 Å². The van der Waals surface area contributed by atoms with Crippen LogP contribution in [0.2, 0.25) is 0 Å². The van der Waals surface area contributed by atoms with Gasteiger partial charge in [-0.25, -0.2) is 4.39 Å². The number of carbonyl (C=O) groups excluding carboxylic acids is 1. The van der Waals surface area contributed by atoms with Crippen molar-refractivity contribution in [2.75, 3.05) is 0 Å². The highest BCUT2D eigenvalue weighted by molar-refractivity contribution is 6.03. The van der Waals surface area contributed by atoms with Crippen molar-refractivity contribution in [1.29, 1.82) is 0 Å². The number of carbonyl (C=O) groups is 1. The highest BCUT2D eigenvalue weighted by Gasteiger charge is 2.24. The highest BCUT2D eigenvalue weighted by Crippen LogP contribution is 2.16. The summed E-state index contributed by atoms with van der Waals surface area (Å²) in [6.07, 6.45) is 0. The smallest absolute Gasteiger partial charge is 0.182 e. The lowest BCUT2D eigenvalue weighted by Gasteiger charge is -2.18. The van der Waals surface area contributed by atoms with Crippen molar-refractivity contribution in [2.24, 2.45) is 5.73 Å². The van der Waals surface area contributed by atoms with E-state index >= 15 is 0 Å². The first-order valence-corrected chi connectivity index (χ1v) is 4.42. The van der Waals surface area contributed by atoms with Crippen molar-refractivity contribution >= 4 is 5.78 Å². The van der Waals surface area contributed by atoms with Crippen LogP contribution in [0.4, 0.5) is 4.39 Å². The summed E-state index contributed by atoms with van der Waals surface area (Å²) in [5.41, 5.74) is 5.80. The van der Waals surface area contributed by atoms with Crippen LogP contribution in [-0.4, -0.2) is 11.3 Å². The third-order valence-corrected chi connectivity index (χ3v) is 2.03. The third-order valence-electron chi connectivity index (χ3n) is 2.03. The van der Waals surface area contributed by atoms with Crippen molar-refractivity contribution in [2.45, 2.75) is 26.3 Å². The van der Waals surface area contributed by atoms with Crippen molar-refractivity contribution in [1.82, 2.24) is 0 Å². The molecule has 0 aliphatic rings. The van der Waals surface area contributed by atoms with Crippen LogP contribution < -0.4 is 5.73 Å². The molecule has 0 fully saturated rings. The topological polar surface area (TPSA) is 43.1 Å². The number of Topliss-reactive ketones (excluding diaryl/α,β-unsaturated/α-hetero) is 1. The van der Waals surface area contributed by atoms with Crippen LogP contribution in [-0.2, 0) is 0 Å². The Hall–Kier alpha value is -1.22. The molecule has 0 atom stereocenters. The van der Waals surface area contributed by atoms with Crippen LogP contribution in [0.25, 0.3) is 0 Å². The molecule has 2 nitrogen and oxygen atoms in total. The predicted molar refractivity (Wildman–Crippen MR) is 53.7 cm³/mol. The van der Waals surface area contributed by atoms with Gasteiger partial charge in [0.1, 0.15) is 5.82 Å². The molecule has 2 N–H and O–H groups in total. The Bertz CT molecular complexity index is 366. The summed E-state index contributed by atoms with van der Waals surface area (Å²) in [4.78, 5) is 11.7. The van der Waals surface area contributed by atoms with Gasteiger partial charge in [0.05, 0.1) is 5.54 Å². The van der Waals surface area contributed by atoms with E-state index in [1.807, 2.05) is 0 Å². The molecule has 0 radical (unpaired) electrons. The first kappa shape index (κ1) is 10.9. The summed E-state index contributed by atoms with van der Waals surface area (Å²) in [5, 5.41) is 0. The van der Waals surface area contributed by atoms with Crippen molar-refractivity contribution in [3.05, 3.63) is 35.1 Å². The number of rotatable bonds is 2. The molecule has 0 aliphatic heterocycles. The molecule has 0 saturated carbocycles. The van der Waals surface area contributed by atoms with Gasteiger partial charge in [-0.3, -0.25) is 4.79 Å². The van der Waals surface area contributed by atoms with E-state index in [2.05, 4.69) is 0 Å². The zero-order chi connectivity index (χ0) is 10.9. The summed E-state index contributed by atoms with van der Waals surface area (Å²) in [6.45, 7) is 4.98. The number of aryl methyl sites for hydroxylation is 1. The fourth-order valence-corrected chi connectivity index (χ4v) is 1.19. The minimum absolute atomic E-state index is 0.241. The second-order valence-corrected chi connectivity index (χ2v) is 4.01. The van der Waals surface area contributed by atoms with Crippen molar-refractivity contribution in [3.63, 3.8) is 0 Å². The van der Waals surface area contributed by atoms with E-state index in [1.165, 1.54) is 12.1 Å². The summed E-state index contributed by atoms with van der Waals surface area (Å²) in [5.74, 6) is -0.655. The summed E-state index contributed by atoms with van der Waals surface area (Å²) in [7, 11) is 0. The number of hydrogen-bond donors (Lipinski definition) is 1. The number of benzene rings is 1. The van der Waals surface area contributed by atoms with Crippen molar-refractivity contribution < 1.29 is 9.18 Å². The van der Waals surface area contributed by atoms with E-state index in [4.69, 9.17) is 5.73 Å². The van der Waals surface area contributed by atoms with Crippen molar-refractivity contribution in [3.8, 4) is 0 Å². The molecule has 0 unspecified atom stereocenters. The predicted octanol–water partition coefficient (Wildman–Crippen LogP) is 2.05. The zero-order valence-corrected chi connectivity index (χ0v) is 8.60. The van der Waals surface area contributed by atoms with E-state index < -0.39 is 11.4 Å². The Morgan fingerprint density at radius 1 is 1.43 bits per heavy atom. The standard InChI is InChI=1S/C11H14FNO/c1-7-4-5-8(12)6-9(7)10(14)11(2,3)13/h4-6H,13H2,1-3H3. The van der Waals surface area contributed by atoms with E-state index in [1.54, 1.807) is 26.8 Å². The average molecular weight is 195 g/mol. The molecule has 1 aromatic carbocycles. The molecule has 0 aliphatic carbocycles. The highest BCUT2D eigenvalue weighted by atomic mass is 19.1. The third kappa shape index (κ3) is 2.17. The van der Waals surface area contributed by atoms with Crippen LogP contribution in [0.15, 0.2) is 18.2 Å². The molecule has 3 heteroatoms. The van der Waals surface area contributed by atoms with Gasteiger partial charge < -0.3 is 5.73 Å². The first-order chi connectivity index (χ1) is 6.32. The quantitative estimate of drug-likeness (QED) is 0.734. The SMILES string of the molecule is Cc1ccc(F)cc1C(=O)C(C)(C)N. The molecule has 1 rings (SSSR count). The molecule has 14 heavy (non-hydrogen) atoms. The molecule has 0 spiro atoms. The van der Waals surface area contributed by atoms with Gasteiger partial charge in [0, 0.05) is 5.56 Å². The van der Waals surface area contributed by atoms with Gasteiger partial charge in [-0.05, 0) is 38.5 Å². The van der Waals surface area contributed by atoms with Gasteiger partial charge in [0.2, 0.25) is 0 Å². The van der Waals surface area contributed by atoms with Gasteiger partial charge in [-0.1, -0.05) is 6.07 Å². The van der Waals surface area contributed by atoms with Gasteiger partial charge in [-0.15, -0.1) is 0 Å². The van der Waals surface area contributed by atoms with Gasteiger partial charge in [0.25, 0.3) is 0 Å². The van der Waals surface area contributed by atoms with E-state index in [-0.39, 0.29) is 5.78 Å². The average Bonchev–Trinajstić information content (AvgIpc) is 2.06. The number of hydrogen-bond acceptors (Lipinski definition) is 2. The molecule has 0 bridgehead atoms. The Morgan fingerprint density at radius 2 is 2.00 bits per heavy atom. The first-order valence-electron chi connectivity index (χ1n) is 4.42. The second kappa shape index (κ2) is 3.50. The van der Waals surface area contributed by atoms with Crippen LogP contribution >= 0.6 is 0 Å². The number of halogens is 1. The van der Waals surface area contributed by atoms with E-state index in [0.29, 0.717) is 5.56 Å². The molecule has 0 saturated heterocycles. The summed E-state index contributed by atoms with van der Waals surface area (Å²) >= 11 is 0. The molecule has 0 heterocycles. The maximum Gasteiger partial charge on any atom is 0.182 e. The maximum absolute atomic E-state index is 12.9. The Kier molecular flexibility index (Phi) is 2.71. The molecular weight excluding hydrogens is 181 g/mol. The maximum atomic E-state index is 12.9. The number of ketones is 1. The van der Waals surface area contributed by atoms with Gasteiger partial charge >= 0.3 is 0 Å². The van der Waals surface area contributed by atoms with Crippen LogP contribution in [0, 0.1) is 12.7 Å². The molecule has 1 aromatic rings. The molecule has 0 amide bonds. The van der Waals surface area contributed by atoms with Crippen LogP contribution in [0.3, 0.4) is 0 Å². The van der Waals surface area contributed by atoms with E-state index in [9.17, 15) is 9.18 Å². The largest absolute Gasteiger partial charge is 0.319 e. The number of nitrogens with two attached hydrogens (primary N) is 1. The summed E-state index contributed by atoms with van der Waals surface area (Å²) < 4.78 is 12.9. The lowest BCUT2D eigenvalue weighted by atomic mass is 9.92. The Morgan fingerprint density at radius 3 is 2.50 bits per heavy atom. The molecular formula is C11H14FNO. The fraction of sp³-hybridized carbons (Fsp3) is 0.364. The lowest BCUT2D eigenvalue weighted by Crippen LogP contribution is -2.41. The molecule has 76 valence electrons. The summed E-state index contributed by atoms with van der Waals surface area (Å²) in [6, 6.07) is 4.14. The fourth-order valence-electron chi connectivity index (χ4n) is 1.19. The zero-order valence-electron chi connectivity index (χ0n) is 8.60. The molecule has 0 aromatic heterocycles. The Balaban J connectivity index is 3.19. The second-order valence-electron chi connectivity index (χ2n) is 4.01. The minimum atomic E-state index is -0.960. The van der Waals surface area contributed by atoms with E-state index in [0.717, 1.165) is 5.56 Å². The Labute approximate surface area is 82.9 Å². The normalized spacial score (nSPS) is 11.5.